The summed E-state index contributed by atoms with van der Waals surface area (Å²) in [6.45, 7) is 0. The van der Waals surface area contributed by atoms with Crippen LogP contribution in [0.4, 0.5) is 11.5 Å². The van der Waals surface area contributed by atoms with Gasteiger partial charge in [0.05, 0.1) is 10.6 Å². The Labute approximate surface area is 175 Å². The third kappa shape index (κ3) is 4.37. The molecule has 2 N–H and O–H groups in total. The van der Waals surface area contributed by atoms with Gasteiger partial charge in [0.2, 0.25) is 10.0 Å². The Morgan fingerprint density at radius 1 is 0.733 bits per heavy atom. The van der Waals surface area contributed by atoms with Crippen LogP contribution in [0.15, 0.2) is 95.9 Å². The Kier molecular flexibility index (Phi) is 5.56. The van der Waals surface area contributed by atoms with Gasteiger partial charge in [-0.05, 0) is 31.3 Å². The van der Waals surface area contributed by atoms with Crippen molar-refractivity contribution in [1.29, 1.82) is 0 Å². The van der Waals surface area contributed by atoms with E-state index < -0.39 is 10.0 Å². The van der Waals surface area contributed by atoms with E-state index in [0.29, 0.717) is 11.6 Å². The highest BCUT2D eigenvalue weighted by molar-refractivity contribution is 7.89. The minimum Gasteiger partial charge on any atom is -0.340 e. The molecule has 150 valence electrons. The van der Waals surface area contributed by atoms with Gasteiger partial charge in [0, 0.05) is 22.9 Å². The molecule has 6 nitrogen and oxygen atoms in total. The molecule has 0 aliphatic carbocycles. The van der Waals surface area contributed by atoms with Gasteiger partial charge < -0.3 is 5.32 Å². The highest BCUT2D eigenvalue weighted by Gasteiger charge is 2.12. The third-order valence-electron chi connectivity index (χ3n) is 4.53. The smallest absolute Gasteiger partial charge is 0.240 e. The van der Waals surface area contributed by atoms with Gasteiger partial charge in [-0.15, -0.1) is 0 Å². The average Bonchev–Trinajstić information content (AvgIpc) is 2.80. The molecule has 0 atom stereocenters. The molecule has 0 aliphatic heterocycles. The zero-order valence-corrected chi connectivity index (χ0v) is 17.1. The average molecular weight is 417 g/mol. The second-order valence-electron chi connectivity index (χ2n) is 6.55. The minimum atomic E-state index is -3.48. The molecule has 0 amide bonds. The van der Waals surface area contributed by atoms with E-state index in [-0.39, 0.29) is 4.90 Å². The van der Waals surface area contributed by atoms with Gasteiger partial charge in [-0.2, -0.15) is 0 Å². The molecule has 0 saturated heterocycles. The Balaban J connectivity index is 1.72. The fourth-order valence-electron chi connectivity index (χ4n) is 2.97. The summed E-state index contributed by atoms with van der Waals surface area (Å²) in [6, 6.07) is 28.0. The van der Waals surface area contributed by atoms with Crippen molar-refractivity contribution >= 4 is 21.5 Å². The van der Waals surface area contributed by atoms with E-state index in [2.05, 4.69) is 15.0 Å². The zero-order valence-electron chi connectivity index (χ0n) is 16.3. The van der Waals surface area contributed by atoms with Gasteiger partial charge in [0.1, 0.15) is 5.82 Å². The number of hydrogen-bond donors (Lipinski definition) is 2. The van der Waals surface area contributed by atoms with Gasteiger partial charge in [-0.3, -0.25) is 0 Å². The van der Waals surface area contributed by atoms with E-state index in [1.54, 1.807) is 24.3 Å². The van der Waals surface area contributed by atoms with Gasteiger partial charge in [0.15, 0.2) is 5.82 Å². The number of anilines is 2. The lowest BCUT2D eigenvalue weighted by Crippen LogP contribution is -2.18. The quantitative estimate of drug-likeness (QED) is 0.485. The van der Waals surface area contributed by atoms with Crippen LogP contribution in [0.2, 0.25) is 0 Å². The number of nitrogens with zero attached hydrogens (tertiary/aromatic N) is 2. The summed E-state index contributed by atoms with van der Waals surface area (Å²) in [5, 5.41) is 3.25. The molecule has 0 unspecified atom stereocenters. The van der Waals surface area contributed by atoms with Gasteiger partial charge in [0.25, 0.3) is 0 Å². The molecule has 7 heteroatoms. The van der Waals surface area contributed by atoms with E-state index in [4.69, 9.17) is 4.98 Å². The van der Waals surface area contributed by atoms with Crippen LogP contribution in [0.1, 0.15) is 0 Å². The van der Waals surface area contributed by atoms with Crippen LogP contribution >= 0.6 is 0 Å². The molecule has 4 rings (SSSR count). The van der Waals surface area contributed by atoms with Crippen LogP contribution in [0.25, 0.3) is 22.6 Å². The molecule has 0 bridgehead atoms. The minimum absolute atomic E-state index is 0.202. The first-order chi connectivity index (χ1) is 14.5. The monoisotopic (exact) mass is 416 g/mol. The van der Waals surface area contributed by atoms with Crippen molar-refractivity contribution in [3.63, 3.8) is 0 Å². The highest BCUT2D eigenvalue weighted by atomic mass is 32.2. The van der Waals surface area contributed by atoms with Crippen LogP contribution in [-0.2, 0) is 10.0 Å². The Hall–Kier alpha value is -3.55. The lowest BCUT2D eigenvalue weighted by Gasteiger charge is -2.11. The molecule has 4 aromatic rings. The number of sulfonamides is 1. The van der Waals surface area contributed by atoms with Crippen molar-refractivity contribution in [3.8, 4) is 22.6 Å². The lowest BCUT2D eigenvalue weighted by atomic mass is 10.1. The molecule has 0 aliphatic rings. The second-order valence-corrected chi connectivity index (χ2v) is 8.44. The summed E-state index contributed by atoms with van der Waals surface area (Å²) in [5.41, 5.74) is 3.41. The normalized spacial score (nSPS) is 11.2. The third-order valence-corrected chi connectivity index (χ3v) is 5.96. The van der Waals surface area contributed by atoms with Crippen molar-refractivity contribution in [2.75, 3.05) is 12.4 Å². The topological polar surface area (TPSA) is 84.0 Å². The fraction of sp³-hybridized carbons (Fsp3) is 0.0435. The van der Waals surface area contributed by atoms with Gasteiger partial charge >= 0.3 is 0 Å². The SMILES string of the molecule is CNS(=O)(=O)c1ccc(Nc2cc(-c3ccccc3)nc(-c3ccccc3)n2)cc1. The largest absolute Gasteiger partial charge is 0.340 e. The van der Waals surface area contributed by atoms with Crippen molar-refractivity contribution in [2.45, 2.75) is 4.90 Å². The Morgan fingerprint density at radius 3 is 1.93 bits per heavy atom. The molecular weight excluding hydrogens is 396 g/mol. The van der Waals surface area contributed by atoms with Crippen LogP contribution in [-0.4, -0.2) is 25.4 Å². The summed E-state index contributed by atoms with van der Waals surface area (Å²) in [4.78, 5) is 9.60. The van der Waals surface area contributed by atoms with Gasteiger partial charge in [-0.1, -0.05) is 60.7 Å². The summed E-state index contributed by atoms with van der Waals surface area (Å²) >= 11 is 0. The first-order valence-electron chi connectivity index (χ1n) is 9.36. The van der Waals surface area contributed by atoms with Gasteiger partial charge in [-0.25, -0.2) is 23.1 Å². The maximum atomic E-state index is 11.9. The Morgan fingerprint density at radius 2 is 1.33 bits per heavy atom. The summed E-state index contributed by atoms with van der Waals surface area (Å²) in [7, 11) is -2.09. The molecule has 1 aromatic heterocycles. The zero-order chi connectivity index (χ0) is 21.0. The molecule has 0 saturated carbocycles. The lowest BCUT2D eigenvalue weighted by molar-refractivity contribution is 0.588. The van der Waals surface area contributed by atoms with Crippen molar-refractivity contribution in [2.24, 2.45) is 0 Å². The predicted molar refractivity (Wildman–Crippen MR) is 119 cm³/mol. The molecule has 30 heavy (non-hydrogen) atoms. The van der Waals surface area contributed by atoms with E-state index in [0.717, 1.165) is 22.5 Å². The maximum absolute atomic E-state index is 11.9. The number of nitrogens with one attached hydrogen (secondary N) is 2. The molecular formula is C23H20N4O2S. The second kappa shape index (κ2) is 8.44. The first-order valence-corrected chi connectivity index (χ1v) is 10.8. The molecule has 1 heterocycles. The van der Waals surface area contributed by atoms with E-state index in [1.165, 1.54) is 7.05 Å². The molecule has 0 radical (unpaired) electrons. The van der Waals surface area contributed by atoms with Crippen molar-refractivity contribution in [1.82, 2.24) is 14.7 Å². The summed E-state index contributed by atoms with van der Waals surface area (Å²) in [5.74, 6) is 1.22. The number of rotatable bonds is 6. The van der Waals surface area contributed by atoms with Crippen molar-refractivity contribution < 1.29 is 8.42 Å². The van der Waals surface area contributed by atoms with E-state index in [1.807, 2.05) is 66.7 Å². The van der Waals surface area contributed by atoms with E-state index >= 15 is 0 Å². The van der Waals surface area contributed by atoms with Crippen LogP contribution < -0.4 is 10.0 Å². The summed E-state index contributed by atoms with van der Waals surface area (Å²) < 4.78 is 26.2. The molecule has 0 fully saturated rings. The standard InChI is InChI=1S/C23H20N4O2S/c1-24-30(28,29)20-14-12-19(13-15-20)25-22-16-21(17-8-4-2-5-9-17)26-23(27-22)18-10-6-3-7-11-18/h2-16,24H,1H3,(H,25,26,27). The Bertz CT molecular complexity index is 1190. The van der Waals surface area contributed by atoms with Crippen LogP contribution in [0.3, 0.4) is 0 Å². The number of benzene rings is 3. The van der Waals surface area contributed by atoms with Crippen molar-refractivity contribution in [3.05, 3.63) is 91.0 Å². The predicted octanol–water partition coefficient (Wildman–Crippen LogP) is 4.46. The van der Waals surface area contributed by atoms with Crippen LogP contribution in [0, 0.1) is 0 Å². The molecule has 0 spiro atoms. The first kappa shape index (κ1) is 19.8. The number of aromatic nitrogens is 2. The van der Waals surface area contributed by atoms with Crippen LogP contribution in [0.5, 0.6) is 0 Å². The highest BCUT2D eigenvalue weighted by Crippen LogP contribution is 2.26. The number of hydrogen-bond acceptors (Lipinski definition) is 5. The van der Waals surface area contributed by atoms with E-state index in [9.17, 15) is 8.42 Å². The fourth-order valence-corrected chi connectivity index (χ4v) is 3.70. The maximum Gasteiger partial charge on any atom is 0.240 e. The summed E-state index contributed by atoms with van der Waals surface area (Å²) in [6.07, 6.45) is 0. The molecule has 3 aromatic carbocycles.